The average molecular weight is 487 g/mol. The van der Waals surface area contributed by atoms with Crippen molar-refractivity contribution in [1.29, 1.82) is 0 Å². The van der Waals surface area contributed by atoms with Gasteiger partial charge in [-0.2, -0.15) is 0 Å². The fraction of sp³-hybridized carbons (Fsp3) is 0.0400. The molecule has 0 spiro atoms. The first kappa shape index (κ1) is 22.2. The summed E-state index contributed by atoms with van der Waals surface area (Å²) >= 11 is 0. The van der Waals surface area contributed by atoms with Gasteiger partial charge in [-0.3, -0.25) is 24.0 Å². The zero-order valence-corrected chi connectivity index (χ0v) is 19.1. The molecule has 35 heavy (non-hydrogen) atoms. The van der Waals surface area contributed by atoms with E-state index in [1.54, 1.807) is 42.5 Å². The molecule has 0 atom stereocenters. The smallest absolute Gasteiger partial charge is 0.269 e. The second kappa shape index (κ2) is 8.03. The Morgan fingerprint density at radius 2 is 1.66 bits per heavy atom. The molecule has 0 fully saturated rings. The lowest BCUT2D eigenvalue weighted by Crippen LogP contribution is -2.33. The highest BCUT2D eigenvalue weighted by atomic mass is 32.2. The maximum Gasteiger partial charge on any atom is 0.270 e. The van der Waals surface area contributed by atoms with Crippen LogP contribution in [-0.2, 0) is 10.0 Å². The van der Waals surface area contributed by atoms with E-state index in [0.29, 0.717) is 16.5 Å². The number of sulfonamides is 1. The van der Waals surface area contributed by atoms with Gasteiger partial charge in [-0.1, -0.05) is 36.4 Å². The van der Waals surface area contributed by atoms with Gasteiger partial charge in [0.25, 0.3) is 27.5 Å². The fourth-order valence-electron chi connectivity index (χ4n) is 4.19. The lowest BCUT2D eigenvalue weighted by atomic mass is 10.1. The summed E-state index contributed by atoms with van der Waals surface area (Å²) in [6.07, 6.45) is 0. The van der Waals surface area contributed by atoms with E-state index in [-0.39, 0.29) is 27.4 Å². The number of anilines is 2. The highest BCUT2D eigenvalue weighted by Crippen LogP contribution is 2.41. The third-order valence-corrected chi connectivity index (χ3v) is 7.76. The topological polar surface area (TPSA) is 118 Å². The van der Waals surface area contributed by atoms with Gasteiger partial charge in [0.1, 0.15) is 0 Å². The van der Waals surface area contributed by atoms with E-state index in [2.05, 4.69) is 0 Å². The molecular formula is C25H17N3O6S. The zero-order chi connectivity index (χ0) is 24.9. The summed E-state index contributed by atoms with van der Waals surface area (Å²) < 4.78 is 28.2. The minimum Gasteiger partial charge on any atom is -0.269 e. The number of imide groups is 1. The largest absolute Gasteiger partial charge is 0.270 e. The van der Waals surface area contributed by atoms with E-state index >= 15 is 0 Å². The molecule has 0 radical (unpaired) electrons. The van der Waals surface area contributed by atoms with Gasteiger partial charge < -0.3 is 0 Å². The van der Waals surface area contributed by atoms with Crippen molar-refractivity contribution in [2.24, 2.45) is 0 Å². The van der Waals surface area contributed by atoms with Crippen LogP contribution < -0.4 is 9.21 Å². The Balaban J connectivity index is 1.64. The molecule has 0 aliphatic carbocycles. The molecule has 4 aromatic rings. The van der Waals surface area contributed by atoms with E-state index in [9.17, 15) is 28.1 Å². The van der Waals surface area contributed by atoms with Crippen molar-refractivity contribution in [3.63, 3.8) is 0 Å². The third-order valence-electron chi connectivity index (χ3n) is 5.92. The van der Waals surface area contributed by atoms with Crippen molar-refractivity contribution >= 4 is 49.7 Å². The molecule has 174 valence electrons. The monoisotopic (exact) mass is 487 g/mol. The average Bonchev–Trinajstić information content (AvgIpc) is 3.16. The third kappa shape index (κ3) is 3.42. The number of carbonyl (C=O) groups is 2. The van der Waals surface area contributed by atoms with Crippen molar-refractivity contribution in [2.75, 3.05) is 16.3 Å². The summed E-state index contributed by atoms with van der Waals surface area (Å²) in [5.41, 5.74) is 0.549. The van der Waals surface area contributed by atoms with Crippen LogP contribution in [0.2, 0.25) is 0 Å². The normalized spacial score (nSPS) is 12.7. The maximum absolute atomic E-state index is 13.5. The molecule has 1 heterocycles. The van der Waals surface area contributed by atoms with Gasteiger partial charge in [0.2, 0.25) is 0 Å². The number of nitro groups is 1. The molecular weight excluding hydrogens is 470 g/mol. The van der Waals surface area contributed by atoms with E-state index < -0.39 is 26.8 Å². The number of hydrogen-bond acceptors (Lipinski definition) is 6. The predicted molar refractivity (Wildman–Crippen MR) is 130 cm³/mol. The summed E-state index contributed by atoms with van der Waals surface area (Å²) in [7, 11) is -2.56. The quantitative estimate of drug-likeness (QED) is 0.234. The number of para-hydroxylation sites is 1. The van der Waals surface area contributed by atoms with E-state index in [1.165, 1.54) is 43.4 Å². The Labute approximate surface area is 200 Å². The van der Waals surface area contributed by atoms with Gasteiger partial charge in [0.15, 0.2) is 0 Å². The highest BCUT2D eigenvalue weighted by Gasteiger charge is 2.37. The van der Waals surface area contributed by atoms with Crippen molar-refractivity contribution < 1.29 is 22.9 Å². The van der Waals surface area contributed by atoms with Gasteiger partial charge in [-0.15, -0.1) is 0 Å². The summed E-state index contributed by atoms with van der Waals surface area (Å²) in [4.78, 5) is 37.9. The first-order chi connectivity index (χ1) is 16.7. The van der Waals surface area contributed by atoms with Crippen molar-refractivity contribution in [1.82, 2.24) is 0 Å². The lowest BCUT2D eigenvalue weighted by Gasteiger charge is -2.21. The molecule has 1 aliphatic rings. The molecule has 2 amide bonds. The number of non-ortho nitro benzene ring substituents is 1. The second-order valence-electron chi connectivity index (χ2n) is 7.87. The van der Waals surface area contributed by atoms with Crippen molar-refractivity contribution in [2.45, 2.75) is 4.90 Å². The molecule has 5 rings (SSSR count). The first-order valence-electron chi connectivity index (χ1n) is 10.4. The number of nitrogens with zero attached hydrogens (tertiary/aromatic N) is 3. The molecule has 0 N–H and O–H groups in total. The maximum atomic E-state index is 13.5. The molecule has 0 aromatic heterocycles. The molecule has 10 heteroatoms. The standard InChI is InChI=1S/C25H17N3O6S/c1-26(17-8-3-2-4-9-17)35(33,34)22-14-13-21-23-19(22)11-6-12-20(23)25(30)27(21)24(29)16-7-5-10-18(15-16)28(31)32/h2-15H,1H3. The fourth-order valence-corrected chi connectivity index (χ4v) is 5.57. The van der Waals surface area contributed by atoms with Crippen molar-refractivity contribution in [3.05, 3.63) is 106 Å². The summed E-state index contributed by atoms with van der Waals surface area (Å²) in [6, 6.07) is 21.1. The van der Waals surface area contributed by atoms with Crippen LogP contribution in [0.15, 0.2) is 89.8 Å². The first-order valence-corrected chi connectivity index (χ1v) is 11.9. The molecule has 4 aromatic carbocycles. The van der Waals surface area contributed by atoms with Crippen LogP contribution in [0.4, 0.5) is 17.1 Å². The molecule has 0 bridgehead atoms. The summed E-state index contributed by atoms with van der Waals surface area (Å²) in [5.74, 6) is -1.37. The van der Waals surface area contributed by atoms with Gasteiger partial charge in [-0.25, -0.2) is 13.3 Å². The Morgan fingerprint density at radius 3 is 2.37 bits per heavy atom. The summed E-state index contributed by atoms with van der Waals surface area (Å²) in [6.45, 7) is 0. The Kier molecular flexibility index (Phi) is 5.10. The van der Waals surface area contributed by atoms with Crippen LogP contribution in [0.1, 0.15) is 20.7 Å². The number of benzene rings is 4. The van der Waals surface area contributed by atoms with E-state index in [1.807, 2.05) is 0 Å². The number of rotatable bonds is 5. The van der Waals surface area contributed by atoms with Gasteiger partial charge in [-0.05, 0) is 36.4 Å². The molecule has 0 unspecified atom stereocenters. The number of nitro benzene ring substituents is 1. The Hall–Kier alpha value is -4.57. The Morgan fingerprint density at radius 1 is 0.943 bits per heavy atom. The number of amides is 2. The van der Waals surface area contributed by atoms with Gasteiger partial charge in [0.05, 0.1) is 26.8 Å². The second-order valence-corrected chi connectivity index (χ2v) is 9.81. The Bertz CT molecular complexity index is 1650. The minimum atomic E-state index is -4.00. The van der Waals surface area contributed by atoms with E-state index in [0.717, 1.165) is 15.3 Å². The number of carbonyl (C=O) groups excluding carboxylic acids is 2. The minimum absolute atomic E-state index is 0.0121. The van der Waals surface area contributed by atoms with Crippen LogP contribution in [0.25, 0.3) is 10.8 Å². The molecule has 0 saturated heterocycles. The predicted octanol–water partition coefficient (Wildman–Crippen LogP) is 4.37. The van der Waals surface area contributed by atoms with Gasteiger partial charge in [0, 0.05) is 35.5 Å². The van der Waals surface area contributed by atoms with Crippen LogP contribution in [-0.4, -0.2) is 32.2 Å². The van der Waals surface area contributed by atoms with Gasteiger partial charge >= 0.3 is 0 Å². The lowest BCUT2D eigenvalue weighted by molar-refractivity contribution is -0.384. The zero-order valence-electron chi connectivity index (χ0n) is 18.3. The number of hydrogen-bond donors (Lipinski definition) is 0. The molecule has 1 aliphatic heterocycles. The van der Waals surface area contributed by atoms with Crippen LogP contribution >= 0.6 is 0 Å². The van der Waals surface area contributed by atoms with Crippen LogP contribution in [0, 0.1) is 10.1 Å². The molecule has 0 saturated carbocycles. The van der Waals surface area contributed by atoms with E-state index in [4.69, 9.17) is 0 Å². The molecule has 9 nitrogen and oxygen atoms in total. The highest BCUT2D eigenvalue weighted by molar-refractivity contribution is 7.93. The van der Waals surface area contributed by atoms with Crippen LogP contribution in [0.5, 0.6) is 0 Å². The van der Waals surface area contributed by atoms with Crippen LogP contribution in [0.3, 0.4) is 0 Å². The summed E-state index contributed by atoms with van der Waals surface area (Å²) in [5, 5.41) is 11.8. The SMILES string of the molecule is CN(c1ccccc1)S(=O)(=O)c1ccc2c3c(cccc13)C(=O)N2C(=O)c1cccc([N+](=O)[O-])c1. The van der Waals surface area contributed by atoms with Crippen molar-refractivity contribution in [3.8, 4) is 0 Å².